The molecular weight excluding hydrogens is 372 g/mol. The van der Waals surface area contributed by atoms with E-state index < -0.39 is 11.7 Å². The first-order valence-corrected chi connectivity index (χ1v) is 12.2. The molecule has 2 unspecified atom stereocenters. The number of aliphatic hydroxyl groups is 3. The second-order valence-electron chi connectivity index (χ2n) is 11.3. The van der Waals surface area contributed by atoms with Gasteiger partial charge in [-0.1, -0.05) is 43.7 Å². The number of hydrogen-bond donors (Lipinski definition) is 3. The predicted molar refractivity (Wildman–Crippen MR) is 124 cm³/mol. The van der Waals surface area contributed by atoms with Gasteiger partial charge < -0.3 is 15.3 Å². The normalized spacial score (nSPS) is 37.4. The zero-order valence-corrected chi connectivity index (χ0v) is 19.7. The fourth-order valence-corrected chi connectivity index (χ4v) is 6.58. The van der Waals surface area contributed by atoms with E-state index in [9.17, 15) is 15.3 Å². The molecule has 6 atom stereocenters. The summed E-state index contributed by atoms with van der Waals surface area (Å²) in [5, 5.41) is 30.3. The summed E-state index contributed by atoms with van der Waals surface area (Å²) in [6, 6.07) is 0. The van der Waals surface area contributed by atoms with Crippen molar-refractivity contribution >= 4 is 0 Å². The number of hydrogen-bond acceptors (Lipinski definition) is 3. The van der Waals surface area contributed by atoms with E-state index in [-0.39, 0.29) is 6.10 Å². The van der Waals surface area contributed by atoms with E-state index in [1.807, 2.05) is 0 Å². The maximum absolute atomic E-state index is 10.3. The zero-order chi connectivity index (χ0) is 22.1. The quantitative estimate of drug-likeness (QED) is 0.520. The fraction of sp³-hybridized carbons (Fsp3) is 0.778. The summed E-state index contributed by atoms with van der Waals surface area (Å²) >= 11 is 0. The Hall–Kier alpha value is -0.900. The van der Waals surface area contributed by atoms with Crippen molar-refractivity contribution < 1.29 is 15.3 Å². The van der Waals surface area contributed by atoms with Crippen LogP contribution >= 0.6 is 0 Å². The average molecular weight is 417 g/mol. The minimum absolute atomic E-state index is 0.215. The van der Waals surface area contributed by atoms with Gasteiger partial charge in [-0.3, -0.25) is 0 Å². The smallest absolute Gasteiger partial charge is 0.0849 e. The molecule has 0 radical (unpaired) electrons. The first-order chi connectivity index (χ1) is 14.0. The second kappa shape index (κ2) is 9.30. The summed E-state index contributed by atoms with van der Waals surface area (Å²) in [6.07, 6.45) is 14.1. The fourth-order valence-electron chi connectivity index (χ4n) is 6.58. The van der Waals surface area contributed by atoms with Crippen LogP contribution in [0.4, 0.5) is 0 Å². The minimum Gasteiger partial charge on any atom is -0.393 e. The molecule has 0 spiro atoms. The van der Waals surface area contributed by atoms with Gasteiger partial charge in [-0.05, 0) is 107 Å². The van der Waals surface area contributed by atoms with Gasteiger partial charge in [0.25, 0.3) is 0 Å². The molecule has 0 bridgehead atoms. The van der Waals surface area contributed by atoms with Crippen molar-refractivity contribution in [1.29, 1.82) is 0 Å². The van der Waals surface area contributed by atoms with Gasteiger partial charge in [0.15, 0.2) is 0 Å². The lowest BCUT2D eigenvalue weighted by molar-refractivity contribution is -0.0554. The Morgan fingerprint density at radius 2 is 1.90 bits per heavy atom. The summed E-state index contributed by atoms with van der Waals surface area (Å²) in [4.78, 5) is 0. The Bertz CT molecular complexity index is 683. The molecule has 3 heteroatoms. The van der Waals surface area contributed by atoms with Crippen LogP contribution in [0.25, 0.3) is 0 Å². The monoisotopic (exact) mass is 416 g/mol. The van der Waals surface area contributed by atoms with E-state index in [0.717, 1.165) is 25.7 Å². The van der Waals surface area contributed by atoms with Crippen LogP contribution in [-0.4, -0.2) is 33.1 Å². The van der Waals surface area contributed by atoms with E-state index in [1.165, 1.54) is 43.3 Å². The topological polar surface area (TPSA) is 60.7 Å². The van der Waals surface area contributed by atoms with E-state index in [4.69, 9.17) is 0 Å². The lowest BCUT2D eigenvalue weighted by Crippen LogP contribution is -2.38. The van der Waals surface area contributed by atoms with E-state index in [1.54, 1.807) is 19.4 Å². The highest BCUT2D eigenvalue weighted by atomic mass is 16.3. The van der Waals surface area contributed by atoms with E-state index in [2.05, 4.69) is 32.6 Å². The summed E-state index contributed by atoms with van der Waals surface area (Å²) < 4.78 is 0. The maximum Gasteiger partial charge on any atom is 0.0849 e. The van der Waals surface area contributed by atoms with Crippen molar-refractivity contribution in [2.45, 2.75) is 110 Å². The molecule has 0 aromatic rings. The Labute approximate surface area is 184 Å². The number of allylic oxidation sites excluding steroid dienone is 4. The van der Waals surface area contributed by atoms with Crippen molar-refractivity contribution in [1.82, 2.24) is 0 Å². The number of fused-ring (bicyclic) bond motifs is 1. The van der Waals surface area contributed by atoms with Gasteiger partial charge in [0.2, 0.25) is 0 Å². The van der Waals surface area contributed by atoms with Gasteiger partial charge in [0.1, 0.15) is 0 Å². The van der Waals surface area contributed by atoms with Crippen LogP contribution in [0.5, 0.6) is 0 Å². The summed E-state index contributed by atoms with van der Waals surface area (Å²) in [5.74, 6) is 1.89. The third kappa shape index (κ3) is 5.11. The van der Waals surface area contributed by atoms with Crippen molar-refractivity contribution in [2.24, 2.45) is 23.2 Å². The largest absolute Gasteiger partial charge is 0.393 e. The maximum atomic E-state index is 10.3. The highest BCUT2D eigenvalue weighted by Gasteiger charge is 2.50. The molecule has 3 rings (SSSR count). The lowest BCUT2D eigenvalue weighted by atomic mass is 9.60. The van der Waals surface area contributed by atoms with Crippen LogP contribution in [0.15, 0.2) is 35.5 Å². The van der Waals surface area contributed by atoms with E-state index in [0.29, 0.717) is 29.6 Å². The Balaban J connectivity index is 1.69. The molecule has 0 saturated heterocycles. The van der Waals surface area contributed by atoms with Crippen LogP contribution in [-0.2, 0) is 0 Å². The van der Waals surface area contributed by atoms with Gasteiger partial charge in [-0.2, -0.15) is 0 Å². The van der Waals surface area contributed by atoms with Gasteiger partial charge >= 0.3 is 0 Å². The van der Waals surface area contributed by atoms with Crippen LogP contribution < -0.4 is 0 Å². The number of aliphatic hydroxyl groups excluding tert-OH is 2. The summed E-state index contributed by atoms with van der Waals surface area (Å²) in [7, 11) is 0. The van der Waals surface area contributed by atoms with Crippen molar-refractivity contribution in [3.63, 3.8) is 0 Å². The van der Waals surface area contributed by atoms with Crippen LogP contribution in [0.1, 0.15) is 91.9 Å². The molecular formula is C27H44O3. The minimum atomic E-state index is -1.02. The van der Waals surface area contributed by atoms with Crippen molar-refractivity contribution in [3.8, 4) is 0 Å². The molecule has 0 amide bonds. The number of rotatable bonds is 6. The molecule has 3 N–H and O–H groups in total. The summed E-state index contributed by atoms with van der Waals surface area (Å²) in [6.45, 7) is 12.5. The molecule has 0 heterocycles. The molecule has 0 aromatic heterocycles. The molecule has 3 aliphatic carbocycles. The molecule has 3 aliphatic rings. The van der Waals surface area contributed by atoms with Gasteiger partial charge in [0, 0.05) is 0 Å². The lowest BCUT2D eigenvalue weighted by Gasteiger charge is -2.44. The average Bonchev–Trinajstić information content (AvgIpc) is 3.03. The molecule has 170 valence electrons. The summed E-state index contributed by atoms with van der Waals surface area (Å²) in [5.41, 5.74) is 3.34. The third-order valence-electron chi connectivity index (χ3n) is 8.62. The zero-order valence-electron chi connectivity index (χ0n) is 19.7. The molecule has 3 fully saturated rings. The first kappa shape index (κ1) is 23.8. The van der Waals surface area contributed by atoms with Gasteiger partial charge in [-0.25, -0.2) is 0 Å². The molecule has 0 aliphatic heterocycles. The van der Waals surface area contributed by atoms with E-state index >= 15 is 0 Å². The predicted octanol–water partition coefficient (Wildman–Crippen LogP) is 5.70. The Morgan fingerprint density at radius 3 is 2.60 bits per heavy atom. The Morgan fingerprint density at radius 1 is 1.17 bits per heavy atom. The Kier molecular flexibility index (Phi) is 7.37. The standard InChI is InChI=1S/C27H44O3/c1-18-8-12-22(28)17-21(18)11-10-20-7-6-16-27(5)23(13-14-24(20)27)19(2)9-15-25(29)26(3,4)30/h10-11,19,22-25,28-30H,1,6-9,12-17H2,2-5H3/t19?,22?,23-,24+,25-,27-/m1/s1. The SMILES string of the molecule is C=C1CCC(O)CC1=CC=C1CCC[C@]2(C)[C@@H](C(C)CC[C@@H](O)C(C)(C)O)CC[C@@H]12. The first-order valence-electron chi connectivity index (χ1n) is 12.2. The molecule has 30 heavy (non-hydrogen) atoms. The van der Waals surface area contributed by atoms with Crippen molar-refractivity contribution in [2.75, 3.05) is 0 Å². The second-order valence-corrected chi connectivity index (χ2v) is 11.3. The molecule has 3 saturated carbocycles. The van der Waals surface area contributed by atoms with Crippen LogP contribution in [0.2, 0.25) is 0 Å². The van der Waals surface area contributed by atoms with Crippen LogP contribution in [0.3, 0.4) is 0 Å². The van der Waals surface area contributed by atoms with Gasteiger partial charge in [0.05, 0.1) is 17.8 Å². The highest BCUT2D eigenvalue weighted by molar-refractivity contribution is 5.36. The van der Waals surface area contributed by atoms with Crippen molar-refractivity contribution in [3.05, 3.63) is 35.5 Å². The highest BCUT2D eigenvalue weighted by Crippen LogP contribution is 2.60. The van der Waals surface area contributed by atoms with Gasteiger partial charge in [-0.15, -0.1) is 0 Å². The molecule has 0 aromatic carbocycles. The third-order valence-corrected chi connectivity index (χ3v) is 8.62. The van der Waals surface area contributed by atoms with Crippen LogP contribution in [0, 0.1) is 23.2 Å². The molecule has 3 nitrogen and oxygen atoms in total.